The number of aliphatic hydroxyl groups is 2. The minimum absolute atomic E-state index is 0.000597. The quantitative estimate of drug-likeness (QED) is 0.800. The highest BCUT2D eigenvalue weighted by atomic mass is 16.5. The minimum Gasteiger partial charge on any atom is -0.479 e. The Labute approximate surface area is 121 Å². The number of hydrogen-bond donors (Lipinski definition) is 2. The van der Waals surface area contributed by atoms with E-state index in [2.05, 4.69) is 15.0 Å². The molecule has 8 heteroatoms. The lowest BCUT2D eigenvalue weighted by molar-refractivity contribution is -0.00531. The van der Waals surface area contributed by atoms with Crippen molar-refractivity contribution < 1.29 is 19.7 Å². The number of aliphatic hydroxyl groups excluding tert-OH is 2. The molecule has 21 heavy (non-hydrogen) atoms. The molecule has 0 unspecified atom stereocenters. The van der Waals surface area contributed by atoms with Crippen LogP contribution in [0.25, 0.3) is 11.2 Å². The zero-order valence-electron chi connectivity index (χ0n) is 11.9. The molecule has 0 radical (unpaired) electrons. The number of hydrogen-bond acceptors (Lipinski definition) is 7. The van der Waals surface area contributed by atoms with Crippen molar-refractivity contribution in [3.63, 3.8) is 0 Å². The first kappa shape index (κ1) is 14.0. The van der Waals surface area contributed by atoms with E-state index >= 15 is 0 Å². The zero-order chi connectivity index (χ0) is 15.0. The second kappa shape index (κ2) is 5.45. The molecule has 2 aromatic heterocycles. The summed E-state index contributed by atoms with van der Waals surface area (Å²) in [6.45, 7) is 0.102. The molecule has 1 aliphatic rings. The van der Waals surface area contributed by atoms with Gasteiger partial charge < -0.3 is 24.3 Å². The third kappa shape index (κ3) is 2.11. The first-order chi connectivity index (χ1) is 10.2. The van der Waals surface area contributed by atoms with E-state index in [4.69, 9.17) is 9.47 Å². The number of imidazole rings is 1. The van der Waals surface area contributed by atoms with Gasteiger partial charge in [0.05, 0.1) is 20.5 Å². The average Bonchev–Trinajstić information content (AvgIpc) is 2.90. The van der Waals surface area contributed by atoms with Crippen LogP contribution < -0.4 is 9.47 Å². The molecule has 1 fully saturated rings. The summed E-state index contributed by atoms with van der Waals surface area (Å²) in [5.74, 6) is 0.469. The molecular formula is C13H18N4O4. The number of rotatable bonds is 5. The Morgan fingerprint density at radius 3 is 2.67 bits per heavy atom. The second-order valence-electron chi connectivity index (χ2n) is 5.14. The lowest BCUT2D eigenvalue weighted by Gasteiger charge is -2.43. The summed E-state index contributed by atoms with van der Waals surface area (Å²) in [4.78, 5) is 12.7. The van der Waals surface area contributed by atoms with E-state index in [1.807, 2.05) is 4.57 Å². The van der Waals surface area contributed by atoms with Crippen LogP contribution in [0.4, 0.5) is 0 Å². The zero-order valence-corrected chi connectivity index (χ0v) is 11.9. The average molecular weight is 294 g/mol. The predicted octanol–water partition coefficient (Wildman–Crippen LogP) is 0.00530. The summed E-state index contributed by atoms with van der Waals surface area (Å²) in [5.41, 5.74) is 1.17. The Bertz CT molecular complexity index is 644. The Morgan fingerprint density at radius 2 is 2.05 bits per heavy atom. The van der Waals surface area contributed by atoms with Gasteiger partial charge in [0.2, 0.25) is 5.88 Å². The summed E-state index contributed by atoms with van der Waals surface area (Å²) in [7, 11) is 3.00. The second-order valence-corrected chi connectivity index (χ2v) is 5.14. The molecule has 0 aromatic carbocycles. The Balaban J connectivity index is 2.04. The first-order valence-corrected chi connectivity index (χ1v) is 6.77. The normalized spacial score (nSPS) is 24.9. The van der Waals surface area contributed by atoms with E-state index in [1.165, 1.54) is 14.2 Å². The molecule has 0 aliphatic heterocycles. The van der Waals surface area contributed by atoms with Crippen LogP contribution in [0.15, 0.2) is 6.33 Å². The maximum Gasteiger partial charge on any atom is 0.321 e. The molecule has 0 bridgehead atoms. The van der Waals surface area contributed by atoms with Crippen LogP contribution in [-0.2, 0) is 0 Å². The lowest BCUT2D eigenvalue weighted by Crippen LogP contribution is -2.42. The molecule has 3 rings (SSSR count). The monoisotopic (exact) mass is 294 g/mol. The van der Waals surface area contributed by atoms with Crippen molar-refractivity contribution in [2.24, 2.45) is 11.8 Å². The SMILES string of the molecule is COc1nc(OC)c2ncn([C@H]3C[C@@H](CO)[C@@H]3CO)c2n1. The molecule has 2 aromatic rings. The van der Waals surface area contributed by atoms with Crippen molar-refractivity contribution in [1.82, 2.24) is 19.5 Å². The van der Waals surface area contributed by atoms with Crippen molar-refractivity contribution in [3.05, 3.63) is 6.33 Å². The number of nitrogens with zero attached hydrogens (tertiary/aromatic N) is 4. The van der Waals surface area contributed by atoms with E-state index in [-0.39, 0.29) is 37.1 Å². The Hall–Kier alpha value is -1.93. The molecular weight excluding hydrogens is 276 g/mol. The fourth-order valence-corrected chi connectivity index (χ4v) is 2.93. The van der Waals surface area contributed by atoms with E-state index in [9.17, 15) is 10.2 Å². The number of methoxy groups -OCH3 is 2. The molecule has 3 atom stereocenters. The van der Waals surface area contributed by atoms with Gasteiger partial charge in [-0.15, -0.1) is 0 Å². The van der Waals surface area contributed by atoms with Gasteiger partial charge in [-0.25, -0.2) is 4.98 Å². The van der Waals surface area contributed by atoms with Gasteiger partial charge in [-0.3, -0.25) is 0 Å². The highest BCUT2D eigenvalue weighted by Gasteiger charge is 2.42. The van der Waals surface area contributed by atoms with Gasteiger partial charge in [0.25, 0.3) is 0 Å². The molecule has 0 saturated heterocycles. The van der Waals surface area contributed by atoms with Gasteiger partial charge >= 0.3 is 6.01 Å². The van der Waals surface area contributed by atoms with Crippen LogP contribution in [0.5, 0.6) is 11.9 Å². The highest BCUT2D eigenvalue weighted by molar-refractivity contribution is 5.76. The summed E-state index contributed by atoms with van der Waals surface area (Å²) in [5, 5.41) is 18.8. The first-order valence-electron chi connectivity index (χ1n) is 6.77. The van der Waals surface area contributed by atoms with Crippen molar-refractivity contribution in [1.29, 1.82) is 0 Å². The van der Waals surface area contributed by atoms with Crippen LogP contribution in [-0.4, -0.2) is 57.2 Å². The van der Waals surface area contributed by atoms with Crippen LogP contribution in [0.2, 0.25) is 0 Å². The van der Waals surface area contributed by atoms with Gasteiger partial charge in [-0.2, -0.15) is 9.97 Å². The molecule has 0 spiro atoms. The van der Waals surface area contributed by atoms with Crippen molar-refractivity contribution in [3.8, 4) is 11.9 Å². The Morgan fingerprint density at radius 1 is 1.24 bits per heavy atom. The molecule has 0 amide bonds. The van der Waals surface area contributed by atoms with Gasteiger partial charge in [0.1, 0.15) is 0 Å². The standard InChI is InChI=1S/C13H18N4O4/c1-20-12-10-11(15-13(16-12)21-2)17(6-14-10)9-3-7(4-18)8(9)5-19/h6-9,18-19H,3-5H2,1-2H3/t7-,8-,9-/m0/s1. The largest absolute Gasteiger partial charge is 0.479 e. The summed E-state index contributed by atoms with van der Waals surface area (Å²) in [6, 6.07) is 0.265. The molecule has 2 N–H and O–H groups in total. The fourth-order valence-electron chi connectivity index (χ4n) is 2.93. The fraction of sp³-hybridized carbons (Fsp3) is 0.615. The van der Waals surface area contributed by atoms with Crippen LogP contribution in [0, 0.1) is 11.8 Å². The predicted molar refractivity (Wildman–Crippen MR) is 73.2 cm³/mol. The maximum atomic E-state index is 9.50. The molecule has 2 heterocycles. The molecule has 1 saturated carbocycles. The lowest BCUT2D eigenvalue weighted by atomic mass is 9.70. The summed E-state index contributed by atoms with van der Waals surface area (Å²) in [6.07, 6.45) is 2.45. The summed E-state index contributed by atoms with van der Waals surface area (Å²) >= 11 is 0. The van der Waals surface area contributed by atoms with Gasteiger partial charge in [0, 0.05) is 25.2 Å². The maximum absolute atomic E-state index is 9.50. The smallest absolute Gasteiger partial charge is 0.321 e. The molecule has 8 nitrogen and oxygen atoms in total. The third-order valence-corrected chi connectivity index (χ3v) is 4.19. The van der Waals surface area contributed by atoms with Crippen LogP contribution >= 0.6 is 0 Å². The topological polar surface area (TPSA) is 103 Å². The summed E-state index contributed by atoms with van der Waals surface area (Å²) < 4.78 is 12.2. The van der Waals surface area contributed by atoms with Gasteiger partial charge in [-0.1, -0.05) is 0 Å². The van der Waals surface area contributed by atoms with Gasteiger partial charge in [-0.05, 0) is 12.3 Å². The van der Waals surface area contributed by atoms with E-state index in [1.54, 1.807) is 6.33 Å². The molecule has 1 aliphatic carbocycles. The minimum atomic E-state index is -0.000597. The van der Waals surface area contributed by atoms with E-state index in [0.717, 1.165) is 6.42 Å². The van der Waals surface area contributed by atoms with Crippen molar-refractivity contribution >= 4 is 11.2 Å². The van der Waals surface area contributed by atoms with E-state index < -0.39 is 0 Å². The van der Waals surface area contributed by atoms with Crippen LogP contribution in [0.3, 0.4) is 0 Å². The molecule has 114 valence electrons. The number of aromatic nitrogens is 4. The Kier molecular flexibility index (Phi) is 3.64. The van der Waals surface area contributed by atoms with E-state index in [0.29, 0.717) is 17.0 Å². The highest BCUT2D eigenvalue weighted by Crippen LogP contribution is 2.44. The van der Waals surface area contributed by atoms with Crippen molar-refractivity contribution in [2.45, 2.75) is 12.5 Å². The number of ether oxygens (including phenoxy) is 2. The van der Waals surface area contributed by atoms with Crippen LogP contribution in [0.1, 0.15) is 12.5 Å². The third-order valence-electron chi connectivity index (χ3n) is 4.19. The van der Waals surface area contributed by atoms with Crippen molar-refractivity contribution in [2.75, 3.05) is 27.4 Å². The number of fused-ring (bicyclic) bond motifs is 1. The van der Waals surface area contributed by atoms with Gasteiger partial charge in [0.15, 0.2) is 11.2 Å².